The fraction of sp³-hybridized carbons (Fsp3) is 0.333. The number of ether oxygens (including phenoxy) is 1. The fourth-order valence-corrected chi connectivity index (χ4v) is 1.85. The van der Waals surface area contributed by atoms with Crippen molar-refractivity contribution in [3.63, 3.8) is 0 Å². The van der Waals surface area contributed by atoms with Gasteiger partial charge in [-0.1, -0.05) is 6.92 Å². The summed E-state index contributed by atoms with van der Waals surface area (Å²) in [7, 11) is 0. The Bertz CT molecular complexity index is 503. The fourth-order valence-electron chi connectivity index (χ4n) is 1.85. The number of anilines is 1. The Kier molecular flexibility index (Phi) is 3.18. The Morgan fingerprint density at radius 3 is 2.89 bits per heavy atom. The van der Waals surface area contributed by atoms with Crippen LogP contribution in [0.15, 0.2) is 18.2 Å². The van der Waals surface area contributed by atoms with Crippen LogP contribution < -0.4 is 9.64 Å². The van der Waals surface area contributed by atoms with Crippen LogP contribution in [-0.2, 0) is 9.59 Å². The molecule has 1 aliphatic rings. The number of rotatable bonds is 3. The monoisotopic (exact) mass is 253 g/mol. The van der Waals surface area contributed by atoms with E-state index < -0.39 is 30.3 Å². The van der Waals surface area contributed by atoms with Gasteiger partial charge in [0.2, 0.25) is 0 Å². The van der Waals surface area contributed by atoms with E-state index in [2.05, 4.69) is 0 Å². The lowest BCUT2D eigenvalue weighted by Gasteiger charge is -2.33. The van der Waals surface area contributed by atoms with Crippen LogP contribution in [-0.4, -0.2) is 29.6 Å². The van der Waals surface area contributed by atoms with E-state index in [0.717, 1.165) is 11.0 Å². The van der Waals surface area contributed by atoms with Crippen molar-refractivity contribution in [3.8, 4) is 5.75 Å². The summed E-state index contributed by atoms with van der Waals surface area (Å²) >= 11 is 0. The standard InChI is InChI=1S/C12H12FNO4/c1-2-9-12(17)14(6-11(15)16)8-5-7(13)3-4-10(8)18-9/h3-5,9H,2,6H2,1H3,(H,15,16). The van der Waals surface area contributed by atoms with E-state index >= 15 is 0 Å². The van der Waals surface area contributed by atoms with Crippen LogP contribution in [0, 0.1) is 5.82 Å². The van der Waals surface area contributed by atoms with Crippen molar-refractivity contribution in [3.05, 3.63) is 24.0 Å². The van der Waals surface area contributed by atoms with Gasteiger partial charge < -0.3 is 9.84 Å². The van der Waals surface area contributed by atoms with Crippen molar-refractivity contribution < 1.29 is 23.8 Å². The lowest BCUT2D eigenvalue weighted by Crippen LogP contribution is -2.47. The number of nitrogens with zero attached hydrogens (tertiary/aromatic N) is 1. The topological polar surface area (TPSA) is 66.8 Å². The third kappa shape index (κ3) is 2.13. The SMILES string of the molecule is CCC1Oc2ccc(F)cc2N(CC(=O)O)C1=O. The molecule has 1 atom stereocenters. The summed E-state index contributed by atoms with van der Waals surface area (Å²) in [6.45, 7) is 1.26. The number of carboxylic acid groups (broad SMARTS) is 1. The maximum Gasteiger partial charge on any atom is 0.323 e. The number of benzene rings is 1. The van der Waals surface area contributed by atoms with Gasteiger partial charge in [0.05, 0.1) is 5.69 Å². The Hall–Kier alpha value is -2.11. The highest BCUT2D eigenvalue weighted by Gasteiger charge is 2.34. The molecule has 18 heavy (non-hydrogen) atoms. The summed E-state index contributed by atoms with van der Waals surface area (Å²) in [6, 6.07) is 3.71. The van der Waals surface area contributed by atoms with Gasteiger partial charge in [0, 0.05) is 6.07 Å². The van der Waals surface area contributed by atoms with Gasteiger partial charge >= 0.3 is 5.97 Å². The van der Waals surface area contributed by atoms with Crippen LogP contribution in [0.25, 0.3) is 0 Å². The highest BCUT2D eigenvalue weighted by molar-refractivity contribution is 6.02. The molecule has 0 spiro atoms. The summed E-state index contributed by atoms with van der Waals surface area (Å²) in [6.07, 6.45) is -0.298. The first-order valence-electron chi connectivity index (χ1n) is 5.52. The largest absolute Gasteiger partial charge is 0.480 e. The molecule has 1 N–H and O–H groups in total. The molecule has 0 radical (unpaired) electrons. The summed E-state index contributed by atoms with van der Waals surface area (Å²) < 4.78 is 18.6. The molecule has 0 bridgehead atoms. The van der Waals surface area contributed by atoms with Gasteiger partial charge in [-0.05, 0) is 18.6 Å². The molecule has 1 aliphatic heterocycles. The number of halogens is 1. The summed E-state index contributed by atoms with van der Waals surface area (Å²) in [5, 5.41) is 8.81. The number of carbonyl (C=O) groups excluding carboxylic acids is 1. The lowest BCUT2D eigenvalue weighted by molar-refractivity contribution is -0.137. The number of aliphatic carboxylic acids is 1. The number of amides is 1. The second kappa shape index (κ2) is 4.64. The van der Waals surface area contributed by atoms with E-state index in [-0.39, 0.29) is 5.69 Å². The molecular formula is C12H12FNO4. The molecular weight excluding hydrogens is 241 g/mol. The van der Waals surface area contributed by atoms with Crippen LogP contribution in [0.3, 0.4) is 0 Å². The first-order valence-corrected chi connectivity index (χ1v) is 5.52. The molecule has 1 heterocycles. The zero-order valence-corrected chi connectivity index (χ0v) is 9.72. The van der Waals surface area contributed by atoms with Crippen molar-refractivity contribution in [2.45, 2.75) is 19.4 Å². The van der Waals surface area contributed by atoms with Crippen molar-refractivity contribution in [2.75, 3.05) is 11.4 Å². The zero-order chi connectivity index (χ0) is 13.3. The molecule has 0 saturated heterocycles. The Morgan fingerprint density at radius 2 is 2.28 bits per heavy atom. The van der Waals surface area contributed by atoms with Gasteiger partial charge in [0.1, 0.15) is 18.1 Å². The summed E-state index contributed by atoms with van der Waals surface area (Å²) in [4.78, 5) is 23.8. The maximum absolute atomic E-state index is 13.2. The number of carbonyl (C=O) groups is 2. The molecule has 96 valence electrons. The van der Waals surface area contributed by atoms with Crippen LogP contribution in [0.5, 0.6) is 5.75 Å². The summed E-state index contributed by atoms with van der Waals surface area (Å²) in [5.74, 6) is -1.84. The van der Waals surface area contributed by atoms with Crippen LogP contribution in [0.1, 0.15) is 13.3 Å². The minimum absolute atomic E-state index is 0.159. The van der Waals surface area contributed by atoms with Gasteiger partial charge in [-0.25, -0.2) is 4.39 Å². The third-order valence-corrected chi connectivity index (χ3v) is 2.69. The van der Waals surface area contributed by atoms with Gasteiger partial charge in [0.15, 0.2) is 6.10 Å². The number of hydrogen-bond acceptors (Lipinski definition) is 3. The first kappa shape index (κ1) is 12.3. The van der Waals surface area contributed by atoms with Gasteiger partial charge in [0.25, 0.3) is 5.91 Å². The molecule has 6 heteroatoms. The van der Waals surface area contributed by atoms with E-state index in [0.29, 0.717) is 12.2 Å². The van der Waals surface area contributed by atoms with Crippen molar-refractivity contribution in [2.24, 2.45) is 0 Å². The molecule has 5 nitrogen and oxygen atoms in total. The lowest BCUT2D eigenvalue weighted by atomic mass is 10.1. The minimum Gasteiger partial charge on any atom is -0.480 e. The predicted octanol–water partition coefficient (Wildman–Crippen LogP) is 1.41. The van der Waals surface area contributed by atoms with E-state index in [1.807, 2.05) is 0 Å². The quantitative estimate of drug-likeness (QED) is 0.884. The van der Waals surface area contributed by atoms with Gasteiger partial charge in [-0.2, -0.15) is 0 Å². The summed E-state index contributed by atoms with van der Waals surface area (Å²) in [5.41, 5.74) is 0.159. The first-order chi connectivity index (χ1) is 8.52. The number of carboxylic acids is 1. The normalized spacial score (nSPS) is 18.2. The van der Waals surface area contributed by atoms with Crippen molar-refractivity contribution >= 4 is 17.6 Å². The maximum atomic E-state index is 13.2. The Morgan fingerprint density at radius 1 is 1.56 bits per heavy atom. The average Bonchev–Trinajstić information content (AvgIpc) is 2.32. The van der Waals surface area contributed by atoms with E-state index in [9.17, 15) is 14.0 Å². The molecule has 0 aliphatic carbocycles. The van der Waals surface area contributed by atoms with E-state index in [4.69, 9.17) is 9.84 Å². The van der Waals surface area contributed by atoms with Crippen LogP contribution >= 0.6 is 0 Å². The third-order valence-electron chi connectivity index (χ3n) is 2.69. The van der Waals surface area contributed by atoms with Gasteiger partial charge in [-0.15, -0.1) is 0 Å². The highest BCUT2D eigenvalue weighted by Crippen LogP contribution is 2.35. The second-order valence-electron chi connectivity index (χ2n) is 3.94. The molecule has 0 saturated carbocycles. The Labute approximate surface area is 103 Å². The molecule has 1 unspecified atom stereocenters. The van der Waals surface area contributed by atoms with Crippen LogP contribution in [0.4, 0.5) is 10.1 Å². The van der Waals surface area contributed by atoms with Crippen molar-refractivity contribution in [1.82, 2.24) is 0 Å². The van der Waals surface area contributed by atoms with Crippen LogP contribution in [0.2, 0.25) is 0 Å². The predicted molar refractivity (Wildman–Crippen MR) is 61.1 cm³/mol. The van der Waals surface area contributed by atoms with Gasteiger partial charge in [-0.3, -0.25) is 14.5 Å². The smallest absolute Gasteiger partial charge is 0.323 e. The molecule has 1 aromatic carbocycles. The van der Waals surface area contributed by atoms with E-state index in [1.165, 1.54) is 12.1 Å². The average molecular weight is 253 g/mol. The molecule has 1 amide bonds. The van der Waals surface area contributed by atoms with E-state index in [1.54, 1.807) is 6.92 Å². The van der Waals surface area contributed by atoms with Crippen molar-refractivity contribution in [1.29, 1.82) is 0 Å². The molecule has 0 aromatic heterocycles. The number of fused-ring (bicyclic) bond motifs is 1. The zero-order valence-electron chi connectivity index (χ0n) is 9.72. The molecule has 1 aromatic rings. The molecule has 2 rings (SSSR count). The highest BCUT2D eigenvalue weighted by atomic mass is 19.1. The minimum atomic E-state index is -1.16. The molecule has 0 fully saturated rings. The second-order valence-corrected chi connectivity index (χ2v) is 3.94. The Balaban J connectivity index is 2.45. The number of hydrogen-bond donors (Lipinski definition) is 1.